The van der Waals surface area contributed by atoms with Crippen molar-refractivity contribution < 1.29 is 4.79 Å². The number of hydrogen-bond donors (Lipinski definition) is 3. The molecular weight excluding hydrogens is 328 g/mol. The first kappa shape index (κ1) is 16.5. The van der Waals surface area contributed by atoms with Crippen LogP contribution in [0.1, 0.15) is 48.5 Å². The van der Waals surface area contributed by atoms with Crippen LogP contribution in [-0.2, 0) is 6.42 Å². The molecule has 2 amide bonds. The summed E-state index contributed by atoms with van der Waals surface area (Å²) in [5.74, 6) is 0.463. The van der Waals surface area contributed by atoms with Gasteiger partial charge >= 0.3 is 6.03 Å². The lowest BCUT2D eigenvalue weighted by Crippen LogP contribution is -2.36. The third-order valence-electron chi connectivity index (χ3n) is 5.01. The number of aliphatic imine (C=N–C) groups is 1. The molecule has 7 heteroatoms. The van der Waals surface area contributed by atoms with Crippen LogP contribution < -0.4 is 16.4 Å². The Bertz CT molecular complexity index is 826. The van der Waals surface area contributed by atoms with Crippen molar-refractivity contribution in [2.45, 2.75) is 44.2 Å². The van der Waals surface area contributed by atoms with Crippen molar-refractivity contribution >= 4 is 23.8 Å². The van der Waals surface area contributed by atoms with Crippen LogP contribution in [-0.4, -0.2) is 28.3 Å². The second kappa shape index (κ2) is 7.11. The van der Waals surface area contributed by atoms with Gasteiger partial charge in [0.25, 0.3) is 0 Å². The van der Waals surface area contributed by atoms with Crippen molar-refractivity contribution in [3.05, 3.63) is 47.4 Å². The number of nitrogens with one attached hydrogen (secondary N) is 2. The number of rotatable bonds is 3. The summed E-state index contributed by atoms with van der Waals surface area (Å²) in [6.07, 6.45) is 8.46. The van der Waals surface area contributed by atoms with E-state index in [9.17, 15) is 4.79 Å². The molecule has 26 heavy (non-hydrogen) atoms. The Kier molecular flexibility index (Phi) is 4.51. The first-order valence-corrected chi connectivity index (χ1v) is 8.99. The number of hydrogen-bond acceptors (Lipinski definition) is 5. The van der Waals surface area contributed by atoms with E-state index >= 15 is 0 Å². The standard InChI is InChI=1S/C19H22N6O/c20-18-15-10-21-16(9-17(15)22-11-23-18)12-5-7-14(8-6-12)25-19(26)24-13-3-1-2-4-13/h5-8,10-11,13,16H,1-4,9H2,(H2,20,22,23)(H2,24,25,26). The average molecular weight is 350 g/mol. The quantitative estimate of drug-likeness (QED) is 0.791. The van der Waals surface area contributed by atoms with Gasteiger partial charge in [-0.05, 0) is 30.5 Å². The predicted molar refractivity (Wildman–Crippen MR) is 101 cm³/mol. The summed E-state index contributed by atoms with van der Waals surface area (Å²) in [6, 6.07) is 7.96. The largest absolute Gasteiger partial charge is 0.383 e. The molecule has 4 N–H and O–H groups in total. The van der Waals surface area contributed by atoms with Crippen molar-refractivity contribution in [2.75, 3.05) is 11.1 Å². The maximum atomic E-state index is 12.1. The normalized spacial score (nSPS) is 19.2. The fourth-order valence-electron chi connectivity index (χ4n) is 3.57. The van der Waals surface area contributed by atoms with E-state index in [1.165, 1.54) is 19.2 Å². The Hall–Kier alpha value is -2.96. The van der Waals surface area contributed by atoms with E-state index in [-0.39, 0.29) is 12.1 Å². The minimum absolute atomic E-state index is 0.00170. The van der Waals surface area contributed by atoms with Gasteiger partial charge in [0, 0.05) is 24.4 Å². The zero-order valence-electron chi connectivity index (χ0n) is 14.5. The molecule has 4 rings (SSSR count). The highest BCUT2D eigenvalue weighted by atomic mass is 16.2. The second-order valence-electron chi connectivity index (χ2n) is 6.82. The van der Waals surface area contributed by atoms with E-state index in [4.69, 9.17) is 5.73 Å². The minimum Gasteiger partial charge on any atom is -0.383 e. The highest BCUT2D eigenvalue weighted by Crippen LogP contribution is 2.28. The second-order valence-corrected chi connectivity index (χ2v) is 6.82. The monoisotopic (exact) mass is 350 g/mol. The van der Waals surface area contributed by atoms with Gasteiger partial charge in [0.2, 0.25) is 0 Å². The molecule has 0 bridgehead atoms. The number of nitrogens with two attached hydrogens (primary N) is 1. The molecule has 2 heterocycles. The van der Waals surface area contributed by atoms with E-state index in [1.807, 2.05) is 24.3 Å². The van der Waals surface area contributed by atoms with Gasteiger partial charge in [-0.3, -0.25) is 4.99 Å². The van der Waals surface area contributed by atoms with E-state index in [1.54, 1.807) is 6.21 Å². The summed E-state index contributed by atoms with van der Waals surface area (Å²) in [5.41, 5.74) is 9.43. The zero-order valence-corrected chi connectivity index (χ0v) is 14.5. The lowest BCUT2D eigenvalue weighted by molar-refractivity contribution is 0.248. The molecule has 1 aromatic heterocycles. The smallest absolute Gasteiger partial charge is 0.319 e. The number of fused-ring (bicyclic) bond motifs is 1. The minimum atomic E-state index is -0.138. The molecule has 2 aromatic rings. The van der Waals surface area contributed by atoms with Gasteiger partial charge in [0.1, 0.15) is 12.1 Å². The number of amides is 2. The lowest BCUT2D eigenvalue weighted by Gasteiger charge is -2.19. The Morgan fingerprint density at radius 3 is 2.65 bits per heavy atom. The Morgan fingerprint density at radius 1 is 1.12 bits per heavy atom. The van der Waals surface area contributed by atoms with E-state index in [0.29, 0.717) is 18.3 Å². The number of urea groups is 1. The molecule has 1 unspecified atom stereocenters. The molecule has 7 nitrogen and oxygen atoms in total. The van der Waals surface area contributed by atoms with E-state index in [0.717, 1.165) is 35.3 Å². The van der Waals surface area contributed by atoms with Gasteiger partial charge in [0.15, 0.2) is 0 Å². The van der Waals surface area contributed by atoms with Crippen molar-refractivity contribution in [3.63, 3.8) is 0 Å². The number of carbonyl (C=O) groups excluding carboxylic acids is 1. The van der Waals surface area contributed by atoms with E-state index in [2.05, 4.69) is 25.6 Å². The van der Waals surface area contributed by atoms with Crippen LogP contribution >= 0.6 is 0 Å². The van der Waals surface area contributed by atoms with Crippen LogP contribution in [0.25, 0.3) is 0 Å². The van der Waals surface area contributed by atoms with Gasteiger partial charge in [-0.25, -0.2) is 14.8 Å². The molecule has 0 spiro atoms. The van der Waals surface area contributed by atoms with Gasteiger partial charge in [-0.15, -0.1) is 0 Å². The van der Waals surface area contributed by atoms with Gasteiger partial charge < -0.3 is 16.4 Å². The summed E-state index contributed by atoms with van der Waals surface area (Å²) in [7, 11) is 0. The van der Waals surface area contributed by atoms with Crippen molar-refractivity contribution in [1.29, 1.82) is 0 Å². The molecule has 1 fully saturated rings. The molecule has 1 aliphatic carbocycles. The van der Waals surface area contributed by atoms with Gasteiger partial charge in [-0.2, -0.15) is 0 Å². The van der Waals surface area contributed by atoms with Crippen molar-refractivity contribution in [3.8, 4) is 0 Å². The molecule has 1 saturated carbocycles. The Morgan fingerprint density at radius 2 is 1.88 bits per heavy atom. The summed E-state index contributed by atoms with van der Waals surface area (Å²) in [6.45, 7) is 0. The van der Waals surface area contributed by atoms with Crippen LogP contribution in [0, 0.1) is 0 Å². The third kappa shape index (κ3) is 3.51. The first-order chi connectivity index (χ1) is 12.7. The van der Waals surface area contributed by atoms with E-state index < -0.39 is 0 Å². The van der Waals surface area contributed by atoms with Crippen LogP contribution in [0.3, 0.4) is 0 Å². The van der Waals surface area contributed by atoms with Crippen LogP contribution in [0.2, 0.25) is 0 Å². The first-order valence-electron chi connectivity index (χ1n) is 8.99. The van der Waals surface area contributed by atoms with Crippen LogP contribution in [0.15, 0.2) is 35.6 Å². The number of benzene rings is 1. The molecular formula is C19H22N6O. The maximum absolute atomic E-state index is 12.1. The number of anilines is 2. The molecule has 1 aliphatic heterocycles. The topological polar surface area (TPSA) is 105 Å². The third-order valence-corrected chi connectivity index (χ3v) is 5.01. The van der Waals surface area contributed by atoms with Gasteiger partial charge in [-0.1, -0.05) is 25.0 Å². The number of nitrogen functional groups attached to an aromatic ring is 1. The summed E-state index contributed by atoms with van der Waals surface area (Å²) in [4.78, 5) is 24.9. The molecule has 0 saturated heterocycles. The number of carbonyl (C=O) groups is 1. The van der Waals surface area contributed by atoms with Crippen LogP contribution in [0.4, 0.5) is 16.3 Å². The van der Waals surface area contributed by atoms with Crippen LogP contribution in [0.5, 0.6) is 0 Å². The highest BCUT2D eigenvalue weighted by molar-refractivity contribution is 5.89. The molecule has 2 aliphatic rings. The maximum Gasteiger partial charge on any atom is 0.319 e. The SMILES string of the molecule is Nc1ncnc2c1C=NC(c1ccc(NC(=O)NC3CCCC3)cc1)C2. The fourth-order valence-corrected chi connectivity index (χ4v) is 3.57. The van der Waals surface area contributed by atoms with Crippen molar-refractivity contribution in [1.82, 2.24) is 15.3 Å². The van der Waals surface area contributed by atoms with Crippen molar-refractivity contribution in [2.24, 2.45) is 4.99 Å². The predicted octanol–water partition coefficient (Wildman–Crippen LogP) is 2.84. The molecule has 134 valence electrons. The summed E-state index contributed by atoms with van der Waals surface area (Å²) < 4.78 is 0. The average Bonchev–Trinajstić information content (AvgIpc) is 3.15. The lowest BCUT2D eigenvalue weighted by atomic mass is 9.97. The fraction of sp³-hybridized carbons (Fsp3) is 0.368. The van der Waals surface area contributed by atoms with Gasteiger partial charge in [0.05, 0.1) is 17.3 Å². The summed E-state index contributed by atoms with van der Waals surface area (Å²) in [5, 5.41) is 5.92. The Balaban J connectivity index is 1.40. The zero-order chi connectivity index (χ0) is 17.9. The molecule has 0 radical (unpaired) electrons. The Labute approximate surface area is 152 Å². The highest BCUT2D eigenvalue weighted by Gasteiger charge is 2.20. The number of aromatic nitrogens is 2. The molecule has 1 atom stereocenters. The number of nitrogens with zero attached hydrogens (tertiary/aromatic N) is 3. The molecule has 1 aromatic carbocycles. The summed E-state index contributed by atoms with van der Waals surface area (Å²) >= 11 is 0.